The highest BCUT2D eigenvalue weighted by molar-refractivity contribution is 6.50. The molecule has 0 aromatic heterocycles. The zero-order valence-electron chi connectivity index (χ0n) is 5.72. The summed E-state index contributed by atoms with van der Waals surface area (Å²) in [7, 11) is 0. The zero-order chi connectivity index (χ0) is 7.90. The Kier molecular flexibility index (Phi) is 1.48. The van der Waals surface area contributed by atoms with Crippen LogP contribution in [-0.2, 0) is 4.33 Å². The van der Waals surface area contributed by atoms with E-state index in [-0.39, 0.29) is 0 Å². The van der Waals surface area contributed by atoms with E-state index in [1.165, 1.54) is 0 Å². The van der Waals surface area contributed by atoms with Crippen molar-refractivity contribution >= 4 is 29.3 Å². The molecule has 0 heterocycles. The summed E-state index contributed by atoms with van der Waals surface area (Å²) in [6, 6.07) is 7.84. The van der Waals surface area contributed by atoms with Gasteiger partial charge < -0.3 is 0 Å². The lowest BCUT2D eigenvalue weighted by Gasteiger charge is -2.11. The highest BCUT2D eigenvalue weighted by Gasteiger charge is 2.29. The maximum absolute atomic E-state index is 5.98. The number of allylic oxidation sites excluding steroid dienone is 1. The Morgan fingerprint density at radius 3 is 2.55 bits per heavy atom. The third-order valence-electron chi connectivity index (χ3n) is 1.79. The molecule has 1 aromatic carbocycles. The van der Waals surface area contributed by atoms with Crippen LogP contribution in [0.4, 0.5) is 0 Å². The van der Waals surface area contributed by atoms with E-state index in [4.69, 9.17) is 23.2 Å². The molecule has 0 atom stereocenters. The van der Waals surface area contributed by atoms with Crippen LogP contribution >= 0.6 is 23.2 Å². The van der Waals surface area contributed by atoms with Gasteiger partial charge in [0.05, 0.1) is 0 Å². The molecule has 56 valence electrons. The second kappa shape index (κ2) is 2.26. The number of benzene rings is 1. The van der Waals surface area contributed by atoms with Gasteiger partial charge in [0.15, 0.2) is 4.33 Å². The zero-order valence-corrected chi connectivity index (χ0v) is 7.23. The third kappa shape index (κ3) is 1.07. The fraction of sp³-hybridized carbons (Fsp3) is 0.111. The summed E-state index contributed by atoms with van der Waals surface area (Å²) in [5, 5.41) is 0. The molecular weight excluding hydrogens is 179 g/mol. The van der Waals surface area contributed by atoms with Gasteiger partial charge in [0.2, 0.25) is 0 Å². The lowest BCUT2D eigenvalue weighted by Crippen LogP contribution is -2.02. The predicted molar refractivity (Wildman–Crippen MR) is 48.9 cm³/mol. The van der Waals surface area contributed by atoms with Gasteiger partial charge in [0.1, 0.15) is 0 Å². The molecule has 0 saturated carbocycles. The second-order valence-corrected chi connectivity index (χ2v) is 3.93. The van der Waals surface area contributed by atoms with Gasteiger partial charge in [-0.1, -0.05) is 53.5 Å². The fourth-order valence-electron chi connectivity index (χ4n) is 1.23. The quantitative estimate of drug-likeness (QED) is 0.543. The Bertz CT molecular complexity index is 313. The van der Waals surface area contributed by atoms with E-state index in [0.717, 1.165) is 11.1 Å². The molecular formula is C9H6Cl2. The molecule has 0 nitrogen and oxygen atoms in total. The summed E-state index contributed by atoms with van der Waals surface area (Å²) in [6.45, 7) is 0. The van der Waals surface area contributed by atoms with Gasteiger partial charge in [0, 0.05) is 0 Å². The molecule has 1 aliphatic rings. The molecule has 2 rings (SSSR count). The lowest BCUT2D eigenvalue weighted by molar-refractivity contribution is 1.13. The largest absolute Gasteiger partial charge is 0.162 e. The summed E-state index contributed by atoms with van der Waals surface area (Å²) >= 11 is 12.0. The highest BCUT2D eigenvalue weighted by atomic mass is 35.5. The summed E-state index contributed by atoms with van der Waals surface area (Å²) in [5.74, 6) is 0. The van der Waals surface area contributed by atoms with E-state index in [0.29, 0.717) is 0 Å². The molecule has 2 heteroatoms. The van der Waals surface area contributed by atoms with Crippen LogP contribution in [0.1, 0.15) is 11.1 Å². The van der Waals surface area contributed by atoms with Crippen LogP contribution in [0.25, 0.3) is 6.08 Å². The Hall–Kier alpha value is -0.460. The van der Waals surface area contributed by atoms with Crippen molar-refractivity contribution in [2.45, 2.75) is 4.33 Å². The van der Waals surface area contributed by atoms with Crippen LogP contribution < -0.4 is 0 Å². The first-order valence-corrected chi connectivity index (χ1v) is 4.12. The van der Waals surface area contributed by atoms with Crippen molar-refractivity contribution in [2.75, 3.05) is 0 Å². The molecule has 0 radical (unpaired) electrons. The summed E-state index contributed by atoms with van der Waals surface area (Å²) in [4.78, 5) is 0. The average Bonchev–Trinajstić information content (AvgIpc) is 2.29. The standard InChI is InChI=1S/C9H6Cl2/c10-9(11)6-5-7-3-1-2-4-8(7)9/h1-6H. The van der Waals surface area contributed by atoms with E-state index in [2.05, 4.69) is 0 Å². The predicted octanol–water partition coefficient (Wildman–Crippen LogP) is 3.34. The minimum absolute atomic E-state index is 0.809. The first kappa shape index (κ1) is 7.20. The first-order valence-electron chi connectivity index (χ1n) is 3.37. The number of hydrogen-bond acceptors (Lipinski definition) is 0. The Morgan fingerprint density at radius 1 is 1.09 bits per heavy atom. The minimum Gasteiger partial charge on any atom is -0.0916 e. The van der Waals surface area contributed by atoms with Gasteiger partial charge in [0.25, 0.3) is 0 Å². The number of alkyl halides is 2. The minimum atomic E-state index is -0.809. The molecule has 1 aliphatic carbocycles. The van der Waals surface area contributed by atoms with Gasteiger partial charge in [-0.25, -0.2) is 0 Å². The smallest absolute Gasteiger partial charge is 0.0916 e. The second-order valence-electron chi connectivity index (χ2n) is 2.54. The van der Waals surface area contributed by atoms with Crippen molar-refractivity contribution in [3.63, 3.8) is 0 Å². The molecule has 0 amide bonds. The molecule has 0 spiro atoms. The summed E-state index contributed by atoms with van der Waals surface area (Å²) in [6.07, 6.45) is 3.73. The number of fused-ring (bicyclic) bond motifs is 1. The molecule has 0 saturated heterocycles. The van der Waals surface area contributed by atoms with Crippen molar-refractivity contribution in [1.29, 1.82) is 0 Å². The Balaban J connectivity index is 2.64. The van der Waals surface area contributed by atoms with Crippen LogP contribution in [0.2, 0.25) is 0 Å². The van der Waals surface area contributed by atoms with E-state index in [1.807, 2.05) is 30.3 Å². The lowest BCUT2D eigenvalue weighted by atomic mass is 10.1. The normalized spacial score (nSPS) is 18.4. The molecule has 0 N–H and O–H groups in total. The van der Waals surface area contributed by atoms with Gasteiger partial charge in [-0.3, -0.25) is 0 Å². The third-order valence-corrected chi connectivity index (χ3v) is 2.45. The molecule has 0 fully saturated rings. The van der Waals surface area contributed by atoms with E-state index >= 15 is 0 Å². The van der Waals surface area contributed by atoms with Gasteiger partial charge >= 0.3 is 0 Å². The number of halogens is 2. The van der Waals surface area contributed by atoms with Crippen LogP contribution in [0.3, 0.4) is 0 Å². The van der Waals surface area contributed by atoms with Crippen LogP contribution in [-0.4, -0.2) is 0 Å². The van der Waals surface area contributed by atoms with Crippen molar-refractivity contribution in [3.05, 3.63) is 41.5 Å². The maximum Gasteiger partial charge on any atom is 0.162 e. The Labute approximate surface area is 75.4 Å². The molecule has 0 unspecified atom stereocenters. The van der Waals surface area contributed by atoms with Crippen molar-refractivity contribution in [3.8, 4) is 0 Å². The van der Waals surface area contributed by atoms with Gasteiger partial charge in [-0.05, 0) is 17.2 Å². The van der Waals surface area contributed by atoms with Gasteiger partial charge in [-0.15, -0.1) is 0 Å². The molecule has 0 aliphatic heterocycles. The average molecular weight is 185 g/mol. The Morgan fingerprint density at radius 2 is 1.82 bits per heavy atom. The topological polar surface area (TPSA) is 0 Å². The molecule has 1 aromatic rings. The van der Waals surface area contributed by atoms with E-state index < -0.39 is 4.33 Å². The molecule has 0 bridgehead atoms. The van der Waals surface area contributed by atoms with Crippen molar-refractivity contribution in [1.82, 2.24) is 0 Å². The number of rotatable bonds is 0. The van der Waals surface area contributed by atoms with Crippen LogP contribution in [0, 0.1) is 0 Å². The van der Waals surface area contributed by atoms with Crippen LogP contribution in [0.15, 0.2) is 30.3 Å². The first-order chi connectivity index (χ1) is 5.20. The maximum atomic E-state index is 5.98. The van der Waals surface area contributed by atoms with Crippen LogP contribution in [0.5, 0.6) is 0 Å². The summed E-state index contributed by atoms with van der Waals surface area (Å²) < 4.78 is -0.809. The number of hydrogen-bond donors (Lipinski definition) is 0. The fourth-order valence-corrected chi connectivity index (χ4v) is 1.70. The SMILES string of the molecule is ClC1(Cl)C=Cc2ccccc21. The van der Waals surface area contributed by atoms with E-state index in [9.17, 15) is 0 Å². The monoisotopic (exact) mass is 184 g/mol. The summed E-state index contributed by atoms with van der Waals surface area (Å²) in [5.41, 5.74) is 2.08. The van der Waals surface area contributed by atoms with Crippen molar-refractivity contribution < 1.29 is 0 Å². The highest BCUT2D eigenvalue weighted by Crippen LogP contribution is 2.42. The molecule has 11 heavy (non-hydrogen) atoms. The van der Waals surface area contributed by atoms with E-state index in [1.54, 1.807) is 6.08 Å². The van der Waals surface area contributed by atoms with Crippen molar-refractivity contribution in [2.24, 2.45) is 0 Å². The van der Waals surface area contributed by atoms with Gasteiger partial charge in [-0.2, -0.15) is 0 Å².